The zero-order chi connectivity index (χ0) is 32.4. The van der Waals surface area contributed by atoms with Crippen molar-refractivity contribution < 1.29 is 20.9 Å². The molecular formula is C45H43SiZr. The molecule has 0 radical (unpaired) electrons. The van der Waals surface area contributed by atoms with Gasteiger partial charge in [-0.25, -0.2) is 0 Å². The van der Waals surface area contributed by atoms with Gasteiger partial charge in [-0.1, -0.05) is 0 Å². The van der Waals surface area contributed by atoms with E-state index in [0.717, 1.165) is 0 Å². The first-order valence-corrected chi connectivity index (χ1v) is 27.3. The van der Waals surface area contributed by atoms with Crippen molar-refractivity contribution in [1.29, 1.82) is 0 Å². The molecule has 6 aromatic rings. The topological polar surface area (TPSA) is 0 Å². The van der Waals surface area contributed by atoms with Gasteiger partial charge in [0.2, 0.25) is 0 Å². The molecule has 2 aliphatic rings. The van der Waals surface area contributed by atoms with E-state index in [0.29, 0.717) is 13.2 Å². The molecule has 0 aromatic heterocycles. The van der Waals surface area contributed by atoms with E-state index in [1.54, 1.807) is 22.3 Å². The fraction of sp³-hybridized carbons (Fsp3) is 0.200. The van der Waals surface area contributed by atoms with Gasteiger partial charge in [0.15, 0.2) is 0 Å². The van der Waals surface area contributed by atoms with E-state index in [4.69, 9.17) is 0 Å². The van der Waals surface area contributed by atoms with Crippen LogP contribution in [0.2, 0.25) is 13.1 Å². The van der Waals surface area contributed by atoms with Crippen LogP contribution < -0.4 is 0 Å². The minimum atomic E-state index is -2.23. The van der Waals surface area contributed by atoms with E-state index in [1.807, 2.05) is 0 Å². The van der Waals surface area contributed by atoms with Gasteiger partial charge in [0.05, 0.1) is 0 Å². The van der Waals surface area contributed by atoms with E-state index < -0.39 is 26.8 Å². The van der Waals surface area contributed by atoms with Crippen LogP contribution in [-0.2, 0) is 20.9 Å². The second-order valence-electron chi connectivity index (χ2n) is 14.4. The van der Waals surface area contributed by atoms with Crippen LogP contribution in [0, 0.1) is 12.8 Å². The predicted octanol–water partition coefficient (Wildman–Crippen LogP) is 12.5. The Hall–Kier alpha value is -3.58. The summed E-state index contributed by atoms with van der Waals surface area (Å²) in [5.41, 5.74) is 16.6. The van der Waals surface area contributed by atoms with Gasteiger partial charge in [-0.15, -0.1) is 0 Å². The Kier molecular flexibility index (Phi) is 7.94. The Morgan fingerprint density at radius 3 is 2.09 bits per heavy atom. The Morgan fingerprint density at radius 2 is 1.30 bits per heavy atom. The molecule has 0 heterocycles. The molecule has 2 atom stereocenters. The van der Waals surface area contributed by atoms with Crippen molar-refractivity contribution in [3.05, 3.63) is 154 Å². The second-order valence-corrected chi connectivity index (χ2v) is 34.4. The summed E-state index contributed by atoms with van der Waals surface area (Å²) >= 11 is -2.23. The Morgan fingerprint density at radius 1 is 0.596 bits per heavy atom. The molecule has 2 heteroatoms. The van der Waals surface area contributed by atoms with Crippen LogP contribution in [0.1, 0.15) is 55.8 Å². The molecule has 0 nitrogen and oxygen atoms in total. The SMILES string of the molecule is CC1=Cc2c(-c3ccc4ccccc4c3)ccc(C)c2[CH]1[Zr]([CH]1C(C(C)C)=Cc2c(-c3cccc4ccccc34)cccc21)[SiH](C)C. The first-order valence-electron chi connectivity index (χ1n) is 17.3. The summed E-state index contributed by atoms with van der Waals surface area (Å²) < 4.78 is 1.25. The predicted molar refractivity (Wildman–Crippen MR) is 204 cm³/mol. The fourth-order valence-electron chi connectivity index (χ4n) is 8.69. The molecule has 0 N–H and O–H groups in total. The number of aryl methyl sites for hydroxylation is 1. The Labute approximate surface area is 289 Å². The van der Waals surface area contributed by atoms with Crippen molar-refractivity contribution in [1.82, 2.24) is 0 Å². The zero-order valence-corrected chi connectivity index (χ0v) is 32.0. The molecular weight excluding hydrogens is 660 g/mol. The van der Waals surface area contributed by atoms with Crippen LogP contribution in [-0.4, -0.2) is 5.92 Å². The van der Waals surface area contributed by atoms with Crippen molar-refractivity contribution in [3.8, 4) is 22.3 Å². The van der Waals surface area contributed by atoms with Gasteiger partial charge in [0.25, 0.3) is 0 Å². The number of benzene rings is 6. The quantitative estimate of drug-likeness (QED) is 0.152. The molecule has 8 rings (SSSR count). The maximum atomic E-state index is 2.69. The molecule has 0 aliphatic heterocycles. The average Bonchev–Trinajstić information content (AvgIpc) is 3.63. The summed E-state index contributed by atoms with van der Waals surface area (Å²) in [5.74, 6) is -0.452. The van der Waals surface area contributed by atoms with Gasteiger partial charge in [-0.2, -0.15) is 0 Å². The van der Waals surface area contributed by atoms with Crippen molar-refractivity contribution in [2.75, 3.05) is 0 Å². The van der Waals surface area contributed by atoms with E-state index in [9.17, 15) is 0 Å². The fourth-order valence-corrected chi connectivity index (χ4v) is 32.1. The summed E-state index contributed by atoms with van der Waals surface area (Å²) in [6, 6.07) is 43.5. The first kappa shape index (κ1) is 30.7. The molecule has 231 valence electrons. The number of allylic oxidation sites excluding steroid dienone is 2. The monoisotopic (exact) mass is 701 g/mol. The van der Waals surface area contributed by atoms with Crippen molar-refractivity contribution in [2.24, 2.45) is 5.92 Å². The second kappa shape index (κ2) is 12.1. The van der Waals surface area contributed by atoms with Gasteiger partial charge >= 0.3 is 291 Å². The van der Waals surface area contributed by atoms with Gasteiger partial charge < -0.3 is 0 Å². The van der Waals surface area contributed by atoms with Gasteiger partial charge in [-0.05, 0) is 0 Å². The van der Waals surface area contributed by atoms with Gasteiger partial charge in [-0.3, -0.25) is 0 Å². The first-order chi connectivity index (χ1) is 22.8. The average molecular weight is 703 g/mol. The summed E-state index contributed by atoms with van der Waals surface area (Å²) in [4.78, 5) is 0. The molecule has 47 heavy (non-hydrogen) atoms. The number of fused-ring (bicyclic) bond motifs is 4. The molecule has 0 spiro atoms. The third-order valence-corrected chi connectivity index (χ3v) is 32.7. The van der Waals surface area contributed by atoms with E-state index in [2.05, 4.69) is 168 Å². The molecule has 0 bridgehead atoms. The van der Waals surface area contributed by atoms with Crippen LogP contribution in [0.15, 0.2) is 126 Å². The van der Waals surface area contributed by atoms with E-state index in [1.165, 1.54) is 60.5 Å². The Bertz CT molecular complexity index is 2250. The van der Waals surface area contributed by atoms with Crippen molar-refractivity contribution in [3.63, 3.8) is 0 Å². The van der Waals surface area contributed by atoms with Crippen LogP contribution in [0.4, 0.5) is 0 Å². The summed E-state index contributed by atoms with van der Waals surface area (Å²) in [6.45, 7) is 15.1. The van der Waals surface area contributed by atoms with E-state index >= 15 is 0 Å². The Balaban J connectivity index is 1.29. The molecule has 0 saturated carbocycles. The van der Waals surface area contributed by atoms with Gasteiger partial charge in [0.1, 0.15) is 0 Å². The van der Waals surface area contributed by atoms with Crippen LogP contribution in [0.5, 0.6) is 0 Å². The van der Waals surface area contributed by atoms with E-state index in [-0.39, 0.29) is 0 Å². The molecule has 2 aliphatic carbocycles. The van der Waals surface area contributed by atoms with Gasteiger partial charge in [0, 0.05) is 0 Å². The summed E-state index contributed by atoms with van der Waals surface area (Å²) in [7, 11) is 0. The zero-order valence-electron chi connectivity index (χ0n) is 28.4. The van der Waals surface area contributed by atoms with Crippen LogP contribution >= 0.6 is 0 Å². The number of hydrogen-bond acceptors (Lipinski definition) is 0. The molecule has 6 aromatic carbocycles. The summed E-state index contributed by atoms with van der Waals surface area (Å²) in [5, 5.41) is 5.29. The summed E-state index contributed by atoms with van der Waals surface area (Å²) in [6.07, 6.45) is 5.24. The molecule has 0 amide bonds. The van der Waals surface area contributed by atoms with Crippen molar-refractivity contribution >= 4 is 39.6 Å². The van der Waals surface area contributed by atoms with Crippen molar-refractivity contribution in [2.45, 2.75) is 48.0 Å². The molecule has 0 fully saturated rings. The maximum absolute atomic E-state index is 2.69. The minimum absolute atomic E-state index is 0.534. The third-order valence-electron chi connectivity index (χ3n) is 10.9. The van der Waals surface area contributed by atoms with Crippen LogP contribution in [0.3, 0.4) is 0 Å². The number of rotatable bonds is 6. The molecule has 2 unspecified atom stereocenters. The standard InChI is InChI=1S/C22H19.C21H17.C2H7Si.Zr/c1-15(2)18-13-17-9-6-12-21(22(17)14-18)20-11-5-8-16-7-3-4-10-19(16)20;1-14-11-20-15(2)7-10-19(21(20)12-14)18-9-8-16-5-3-4-6-17(16)13-18;1-3-2;/h3-15H,1-2H3;3-13H,1-2H3;3H,1-2H3;. The molecule has 0 saturated heterocycles. The normalized spacial score (nSPS) is 16.9. The third kappa shape index (κ3) is 5.11. The number of hydrogen-bond donors (Lipinski definition) is 0. The van der Waals surface area contributed by atoms with Crippen LogP contribution in [0.25, 0.3) is 56.0 Å².